The fourth-order valence-electron chi connectivity index (χ4n) is 3.35. The molecule has 0 unspecified atom stereocenters. The van der Waals surface area contributed by atoms with Gasteiger partial charge < -0.3 is 4.74 Å². The summed E-state index contributed by atoms with van der Waals surface area (Å²) in [5.74, 6) is 0.718. The van der Waals surface area contributed by atoms with E-state index in [1.165, 1.54) is 10.8 Å². The molecule has 0 aliphatic heterocycles. The lowest BCUT2D eigenvalue weighted by Gasteiger charge is -2.13. The summed E-state index contributed by atoms with van der Waals surface area (Å²) in [6, 6.07) is 27.8. The molecule has 0 atom stereocenters. The van der Waals surface area contributed by atoms with Gasteiger partial charge in [-0.2, -0.15) is 5.26 Å². The molecule has 0 aliphatic carbocycles. The van der Waals surface area contributed by atoms with Gasteiger partial charge >= 0.3 is 0 Å². The maximum absolute atomic E-state index is 9.60. The summed E-state index contributed by atoms with van der Waals surface area (Å²) in [5.41, 5.74) is 3.37. The molecule has 0 saturated heterocycles. The van der Waals surface area contributed by atoms with Crippen LogP contribution in [0.5, 0.6) is 5.75 Å². The number of allylic oxidation sites excluding steroid dienone is 1. The van der Waals surface area contributed by atoms with Crippen molar-refractivity contribution in [2.24, 2.45) is 0 Å². The minimum Gasteiger partial charge on any atom is -0.487 e. The van der Waals surface area contributed by atoms with Crippen LogP contribution in [-0.2, 0) is 6.61 Å². The van der Waals surface area contributed by atoms with Gasteiger partial charge in [0.05, 0.1) is 20.6 Å². The molecule has 31 heavy (non-hydrogen) atoms. The lowest BCUT2D eigenvalue weighted by molar-refractivity contribution is 0.303. The van der Waals surface area contributed by atoms with E-state index in [1.54, 1.807) is 12.1 Å². The molecule has 0 amide bonds. The van der Waals surface area contributed by atoms with E-state index in [4.69, 9.17) is 16.3 Å². The van der Waals surface area contributed by atoms with Gasteiger partial charge in [0.1, 0.15) is 12.4 Å². The van der Waals surface area contributed by atoms with Gasteiger partial charge in [0, 0.05) is 5.02 Å². The number of halogens is 3. The van der Waals surface area contributed by atoms with Crippen molar-refractivity contribution in [2.75, 3.05) is 0 Å². The Hall–Kier alpha value is -2.58. The summed E-state index contributed by atoms with van der Waals surface area (Å²) >= 11 is 13.2. The number of rotatable bonds is 5. The quantitative estimate of drug-likeness (QED) is 0.183. The van der Waals surface area contributed by atoms with Crippen molar-refractivity contribution in [2.45, 2.75) is 6.61 Å². The Morgan fingerprint density at radius 1 is 0.935 bits per heavy atom. The summed E-state index contributed by atoms with van der Waals surface area (Å²) in [5, 5.41) is 12.6. The second-order valence-electron chi connectivity index (χ2n) is 6.92. The van der Waals surface area contributed by atoms with E-state index in [9.17, 15) is 5.26 Å². The van der Waals surface area contributed by atoms with Crippen LogP contribution >= 0.6 is 43.5 Å². The highest BCUT2D eigenvalue weighted by Gasteiger charge is 2.11. The molecule has 0 heterocycles. The number of ether oxygens (including phenoxy) is 1. The molecule has 0 saturated carbocycles. The van der Waals surface area contributed by atoms with Crippen molar-refractivity contribution in [3.63, 3.8) is 0 Å². The van der Waals surface area contributed by atoms with Crippen LogP contribution in [0.3, 0.4) is 0 Å². The van der Waals surface area contributed by atoms with Crippen molar-refractivity contribution >= 4 is 65.9 Å². The van der Waals surface area contributed by atoms with Crippen LogP contribution in [0, 0.1) is 11.3 Å². The standard InChI is InChI=1S/C26H16Br2ClNO/c27-24-13-17(12-21(15-30)18-8-10-22(29)11-9-18)14-25(28)26(24)31-16-20-6-3-5-19-4-1-2-7-23(19)20/h1-14H,16H2/b21-12-. The second-order valence-corrected chi connectivity index (χ2v) is 9.06. The van der Waals surface area contributed by atoms with Crippen molar-refractivity contribution in [3.8, 4) is 11.8 Å². The summed E-state index contributed by atoms with van der Waals surface area (Å²) < 4.78 is 7.77. The van der Waals surface area contributed by atoms with Crippen LogP contribution in [0.1, 0.15) is 16.7 Å². The highest BCUT2D eigenvalue weighted by atomic mass is 79.9. The third-order valence-electron chi connectivity index (χ3n) is 4.86. The molecule has 0 aliphatic rings. The molecule has 0 radical (unpaired) electrons. The molecule has 0 fully saturated rings. The van der Waals surface area contributed by atoms with Crippen LogP contribution in [0.25, 0.3) is 22.4 Å². The summed E-state index contributed by atoms with van der Waals surface area (Å²) in [6.07, 6.45) is 1.84. The molecular weight excluding hydrogens is 538 g/mol. The van der Waals surface area contributed by atoms with Crippen LogP contribution < -0.4 is 4.74 Å². The number of nitriles is 1. The highest BCUT2D eigenvalue weighted by molar-refractivity contribution is 9.11. The first-order valence-electron chi connectivity index (χ1n) is 9.51. The van der Waals surface area contributed by atoms with Gasteiger partial charge in [-0.05, 0) is 89.7 Å². The number of hydrogen-bond acceptors (Lipinski definition) is 2. The van der Waals surface area contributed by atoms with Crippen LogP contribution in [0.15, 0.2) is 87.8 Å². The normalized spacial score (nSPS) is 11.4. The lowest BCUT2D eigenvalue weighted by Crippen LogP contribution is -1.98. The Morgan fingerprint density at radius 3 is 2.32 bits per heavy atom. The second kappa shape index (κ2) is 9.70. The topological polar surface area (TPSA) is 33.0 Å². The average molecular weight is 554 g/mol. The monoisotopic (exact) mass is 551 g/mol. The summed E-state index contributed by atoms with van der Waals surface area (Å²) in [7, 11) is 0. The Balaban J connectivity index is 1.60. The minimum absolute atomic E-state index is 0.446. The Labute approximate surface area is 203 Å². The molecule has 2 nitrogen and oxygen atoms in total. The number of fused-ring (bicyclic) bond motifs is 1. The molecule has 0 spiro atoms. The largest absolute Gasteiger partial charge is 0.487 e. The molecular formula is C26H16Br2ClNO. The fraction of sp³-hybridized carbons (Fsp3) is 0.0385. The van der Waals surface area contributed by atoms with E-state index in [2.05, 4.69) is 62.2 Å². The van der Waals surface area contributed by atoms with Gasteiger partial charge in [0.2, 0.25) is 0 Å². The third kappa shape index (κ3) is 5.02. The predicted molar refractivity (Wildman–Crippen MR) is 135 cm³/mol. The Morgan fingerprint density at radius 2 is 1.61 bits per heavy atom. The van der Waals surface area contributed by atoms with Crippen LogP contribution in [0.2, 0.25) is 5.02 Å². The van der Waals surface area contributed by atoms with Gasteiger partial charge in [-0.15, -0.1) is 0 Å². The summed E-state index contributed by atoms with van der Waals surface area (Å²) in [6.45, 7) is 0.446. The van der Waals surface area contributed by atoms with Crippen molar-refractivity contribution in [3.05, 3.63) is 110 Å². The Bertz CT molecular complexity index is 1300. The maximum atomic E-state index is 9.60. The van der Waals surface area contributed by atoms with Gasteiger partial charge in [0.15, 0.2) is 0 Å². The number of nitrogens with zero attached hydrogens (tertiary/aromatic N) is 1. The molecule has 152 valence electrons. The number of benzene rings is 4. The van der Waals surface area contributed by atoms with Gasteiger partial charge in [0.25, 0.3) is 0 Å². The Kier molecular flexibility index (Phi) is 6.77. The molecule has 4 rings (SSSR count). The first-order chi connectivity index (χ1) is 15.0. The van der Waals surface area contributed by atoms with Crippen LogP contribution in [-0.4, -0.2) is 0 Å². The smallest absolute Gasteiger partial charge is 0.148 e. The summed E-state index contributed by atoms with van der Waals surface area (Å²) in [4.78, 5) is 0. The van der Waals surface area contributed by atoms with Crippen molar-refractivity contribution in [1.29, 1.82) is 5.26 Å². The van der Waals surface area contributed by atoms with E-state index in [-0.39, 0.29) is 0 Å². The molecule has 0 bridgehead atoms. The van der Waals surface area contributed by atoms with Crippen molar-refractivity contribution in [1.82, 2.24) is 0 Å². The zero-order chi connectivity index (χ0) is 21.8. The van der Waals surface area contributed by atoms with Crippen LogP contribution in [0.4, 0.5) is 0 Å². The first-order valence-corrected chi connectivity index (χ1v) is 11.5. The molecule has 4 aromatic carbocycles. The molecule has 5 heteroatoms. The molecule has 0 N–H and O–H groups in total. The fourth-order valence-corrected chi connectivity index (χ4v) is 4.92. The van der Waals surface area contributed by atoms with Gasteiger partial charge in [-0.25, -0.2) is 0 Å². The first kappa shape index (κ1) is 21.6. The average Bonchev–Trinajstić information content (AvgIpc) is 2.77. The zero-order valence-electron chi connectivity index (χ0n) is 16.3. The maximum Gasteiger partial charge on any atom is 0.148 e. The number of hydrogen-bond donors (Lipinski definition) is 0. The van der Waals surface area contributed by atoms with Gasteiger partial charge in [-0.1, -0.05) is 66.2 Å². The highest BCUT2D eigenvalue weighted by Crippen LogP contribution is 2.37. The lowest BCUT2D eigenvalue weighted by atomic mass is 10.0. The van der Waals surface area contributed by atoms with E-state index in [0.29, 0.717) is 17.2 Å². The minimum atomic E-state index is 0.446. The third-order valence-corrected chi connectivity index (χ3v) is 6.29. The SMILES string of the molecule is N#C/C(=C/c1cc(Br)c(OCc2cccc3ccccc23)c(Br)c1)c1ccc(Cl)cc1. The van der Waals surface area contributed by atoms with E-state index < -0.39 is 0 Å². The van der Waals surface area contributed by atoms with E-state index in [0.717, 1.165) is 31.4 Å². The van der Waals surface area contributed by atoms with E-state index >= 15 is 0 Å². The van der Waals surface area contributed by atoms with Gasteiger partial charge in [-0.3, -0.25) is 0 Å². The molecule has 4 aromatic rings. The zero-order valence-corrected chi connectivity index (χ0v) is 20.2. The predicted octanol–water partition coefficient (Wildman–Crippen LogP) is 8.66. The van der Waals surface area contributed by atoms with Crippen molar-refractivity contribution < 1.29 is 4.74 Å². The molecule has 0 aromatic heterocycles. The van der Waals surface area contributed by atoms with E-state index in [1.807, 2.05) is 48.5 Å².